The van der Waals surface area contributed by atoms with Crippen molar-refractivity contribution in [3.05, 3.63) is 0 Å². The minimum absolute atomic E-state index is 0.0876. The lowest BCUT2D eigenvalue weighted by Gasteiger charge is -1.96. The molecular formula is C6H12N2O2. The normalized spacial score (nSPS) is 11.2. The number of rotatable bonds is 3. The minimum Gasteiger partial charge on any atom is -0.469 e. The topological polar surface area (TPSA) is 64.7 Å². The van der Waals surface area contributed by atoms with E-state index in [0.717, 1.165) is 0 Å². The number of amidine groups is 1. The third kappa shape index (κ3) is 3.88. The van der Waals surface area contributed by atoms with Crippen LogP contribution < -0.4 is 5.73 Å². The third-order valence-electron chi connectivity index (χ3n) is 0.914. The molecule has 0 bridgehead atoms. The fourth-order valence-electron chi connectivity index (χ4n) is 0.479. The number of ether oxygens (including phenoxy) is 1. The van der Waals surface area contributed by atoms with Crippen molar-refractivity contribution < 1.29 is 9.53 Å². The van der Waals surface area contributed by atoms with Crippen LogP contribution in [0.5, 0.6) is 0 Å². The number of carbonyl (C=O) groups excluding carboxylic acids is 1. The second-order valence-corrected chi connectivity index (χ2v) is 1.72. The predicted octanol–water partition coefficient (Wildman–Crippen LogP) is -0.0734. The monoisotopic (exact) mass is 144 g/mol. The molecule has 0 saturated heterocycles. The summed E-state index contributed by atoms with van der Waals surface area (Å²) in [7, 11) is 1.32. The quantitative estimate of drug-likeness (QED) is 0.342. The zero-order chi connectivity index (χ0) is 7.98. The summed E-state index contributed by atoms with van der Waals surface area (Å²) in [4.78, 5) is 14.3. The molecule has 0 unspecified atom stereocenters. The Morgan fingerprint density at radius 1 is 1.70 bits per heavy atom. The highest BCUT2D eigenvalue weighted by atomic mass is 16.5. The fraction of sp³-hybridized carbons (Fsp3) is 0.667. The van der Waals surface area contributed by atoms with Gasteiger partial charge >= 0.3 is 5.97 Å². The molecule has 0 aromatic carbocycles. The molecule has 0 aliphatic heterocycles. The van der Waals surface area contributed by atoms with E-state index in [2.05, 4.69) is 9.73 Å². The summed E-state index contributed by atoms with van der Waals surface area (Å²) in [6.07, 6.45) is 0.0876. The van der Waals surface area contributed by atoms with Gasteiger partial charge in [-0.2, -0.15) is 0 Å². The fourth-order valence-corrected chi connectivity index (χ4v) is 0.479. The molecule has 0 aromatic rings. The number of hydrogen-bond donors (Lipinski definition) is 1. The molecule has 2 N–H and O–H groups in total. The summed E-state index contributed by atoms with van der Waals surface area (Å²) in [5, 5.41) is 0. The second-order valence-electron chi connectivity index (χ2n) is 1.72. The molecule has 4 heteroatoms. The Morgan fingerprint density at radius 3 is 2.70 bits per heavy atom. The van der Waals surface area contributed by atoms with E-state index in [1.165, 1.54) is 7.11 Å². The van der Waals surface area contributed by atoms with Gasteiger partial charge in [-0.3, -0.25) is 9.79 Å². The van der Waals surface area contributed by atoms with Gasteiger partial charge in [0.25, 0.3) is 0 Å². The van der Waals surface area contributed by atoms with Gasteiger partial charge in [0.2, 0.25) is 0 Å². The number of aliphatic imine (C=N–C) groups is 1. The lowest BCUT2D eigenvalue weighted by molar-refractivity contribution is -0.139. The smallest absolute Gasteiger partial charge is 0.313 e. The molecular weight excluding hydrogens is 132 g/mol. The molecule has 0 radical (unpaired) electrons. The van der Waals surface area contributed by atoms with Gasteiger partial charge in [-0.15, -0.1) is 0 Å². The Balaban J connectivity index is 3.67. The van der Waals surface area contributed by atoms with E-state index in [0.29, 0.717) is 12.4 Å². The van der Waals surface area contributed by atoms with E-state index in [1.54, 1.807) is 0 Å². The molecule has 58 valence electrons. The Bertz CT molecular complexity index is 143. The van der Waals surface area contributed by atoms with Gasteiger partial charge in [-0.1, -0.05) is 0 Å². The summed E-state index contributed by atoms with van der Waals surface area (Å²) >= 11 is 0. The van der Waals surface area contributed by atoms with Crippen molar-refractivity contribution in [2.75, 3.05) is 13.7 Å². The first kappa shape index (κ1) is 8.94. The number of hydrogen-bond acceptors (Lipinski definition) is 3. The van der Waals surface area contributed by atoms with Gasteiger partial charge < -0.3 is 10.5 Å². The Morgan fingerprint density at radius 2 is 2.30 bits per heavy atom. The SMILES string of the molecule is CCN=C(N)CC(=O)OC. The number of carbonyl (C=O) groups is 1. The first-order chi connectivity index (χ1) is 4.70. The van der Waals surface area contributed by atoms with Crippen LogP contribution in [-0.2, 0) is 9.53 Å². The molecule has 0 rings (SSSR count). The van der Waals surface area contributed by atoms with Crippen molar-refractivity contribution in [2.24, 2.45) is 10.7 Å². The van der Waals surface area contributed by atoms with Crippen LogP contribution in [0.3, 0.4) is 0 Å². The van der Waals surface area contributed by atoms with Crippen LogP contribution in [0.1, 0.15) is 13.3 Å². The summed E-state index contributed by atoms with van der Waals surface area (Å²) in [5.41, 5.74) is 5.31. The third-order valence-corrected chi connectivity index (χ3v) is 0.914. The first-order valence-electron chi connectivity index (χ1n) is 3.06. The van der Waals surface area contributed by atoms with Gasteiger partial charge in [0.1, 0.15) is 12.3 Å². The van der Waals surface area contributed by atoms with Crippen LogP contribution in [-0.4, -0.2) is 25.5 Å². The first-order valence-corrected chi connectivity index (χ1v) is 3.06. The minimum atomic E-state index is -0.352. The van der Waals surface area contributed by atoms with Gasteiger partial charge in [0.05, 0.1) is 7.11 Å². The van der Waals surface area contributed by atoms with Crippen molar-refractivity contribution in [3.63, 3.8) is 0 Å². The highest BCUT2D eigenvalue weighted by Gasteiger charge is 2.01. The maximum atomic E-state index is 10.5. The second kappa shape index (κ2) is 4.78. The largest absolute Gasteiger partial charge is 0.469 e. The van der Waals surface area contributed by atoms with E-state index >= 15 is 0 Å². The van der Waals surface area contributed by atoms with Crippen molar-refractivity contribution in [2.45, 2.75) is 13.3 Å². The van der Waals surface area contributed by atoms with Crippen LogP contribution in [0, 0.1) is 0 Å². The van der Waals surface area contributed by atoms with Crippen molar-refractivity contribution in [3.8, 4) is 0 Å². The van der Waals surface area contributed by atoms with E-state index < -0.39 is 0 Å². The molecule has 0 aliphatic carbocycles. The predicted molar refractivity (Wildman–Crippen MR) is 38.8 cm³/mol. The number of nitrogens with two attached hydrogens (primary N) is 1. The highest BCUT2D eigenvalue weighted by molar-refractivity contribution is 5.96. The van der Waals surface area contributed by atoms with Crippen LogP contribution in [0.15, 0.2) is 4.99 Å². The van der Waals surface area contributed by atoms with Gasteiger partial charge in [0, 0.05) is 6.54 Å². The molecule has 0 saturated carbocycles. The summed E-state index contributed by atoms with van der Waals surface area (Å²) in [6.45, 7) is 2.45. The van der Waals surface area contributed by atoms with Crippen LogP contribution in [0.25, 0.3) is 0 Å². The van der Waals surface area contributed by atoms with E-state index in [9.17, 15) is 4.79 Å². The maximum Gasteiger partial charge on any atom is 0.313 e. The summed E-state index contributed by atoms with van der Waals surface area (Å²) in [6, 6.07) is 0. The molecule has 10 heavy (non-hydrogen) atoms. The van der Waals surface area contributed by atoms with Gasteiger partial charge in [-0.05, 0) is 6.92 Å². The maximum absolute atomic E-state index is 10.5. The molecule has 4 nitrogen and oxygen atoms in total. The average Bonchev–Trinajstić information content (AvgIpc) is 1.88. The molecule has 0 spiro atoms. The lowest BCUT2D eigenvalue weighted by Crippen LogP contribution is -2.18. The van der Waals surface area contributed by atoms with Crippen molar-refractivity contribution in [1.29, 1.82) is 0 Å². The molecule has 0 fully saturated rings. The molecule has 0 atom stereocenters. The Hall–Kier alpha value is -1.06. The molecule has 0 aromatic heterocycles. The summed E-state index contributed by atoms with van der Waals surface area (Å²) in [5.74, 6) is -0.0240. The van der Waals surface area contributed by atoms with E-state index in [-0.39, 0.29) is 12.4 Å². The highest BCUT2D eigenvalue weighted by Crippen LogP contribution is 1.83. The van der Waals surface area contributed by atoms with E-state index in [1.807, 2.05) is 6.92 Å². The van der Waals surface area contributed by atoms with E-state index in [4.69, 9.17) is 5.73 Å². The molecule has 0 heterocycles. The zero-order valence-electron chi connectivity index (χ0n) is 6.26. The van der Waals surface area contributed by atoms with Crippen molar-refractivity contribution in [1.82, 2.24) is 0 Å². The van der Waals surface area contributed by atoms with Crippen LogP contribution in [0.2, 0.25) is 0 Å². The zero-order valence-corrected chi connectivity index (χ0v) is 6.26. The summed E-state index contributed by atoms with van der Waals surface area (Å²) < 4.78 is 4.37. The lowest BCUT2D eigenvalue weighted by atomic mass is 10.4. The Kier molecular flexibility index (Phi) is 4.28. The van der Waals surface area contributed by atoms with Crippen molar-refractivity contribution >= 4 is 11.8 Å². The van der Waals surface area contributed by atoms with Gasteiger partial charge in [-0.25, -0.2) is 0 Å². The molecule has 0 amide bonds. The van der Waals surface area contributed by atoms with Gasteiger partial charge in [0.15, 0.2) is 0 Å². The number of nitrogens with zero attached hydrogens (tertiary/aromatic N) is 1. The van der Waals surface area contributed by atoms with Crippen LogP contribution in [0.4, 0.5) is 0 Å². The average molecular weight is 144 g/mol. The standard InChI is InChI=1S/C6H12N2O2/c1-3-8-5(7)4-6(9)10-2/h3-4H2,1-2H3,(H2,7,8). The van der Waals surface area contributed by atoms with Crippen LogP contribution >= 0.6 is 0 Å². The Labute approximate surface area is 60.1 Å². The molecule has 0 aliphatic rings. The number of esters is 1. The number of methoxy groups -OCH3 is 1.